The lowest BCUT2D eigenvalue weighted by atomic mass is 10.1. The van der Waals surface area contributed by atoms with Crippen LogP contribution in [0.3, 0.4) is 0 Å². The molecule has 7 heteroatoms. The third kappa shape index (κ3) is 3.44. The van der Waals surface area contributed by atoms with Crippen molar-refractivity contribution in [2.24, 2.45) is 0 Å². The molecule has 2 aromatic heterocycles. The summed E-state index contributed by atoms with van der Waals surface area (Å²) in [6.07, 6.45) is 1.93. The van der Waals surface area contributed by atoms with Crippen LogP contribution >= 0.6 is 15.9 Å². The van der Waals surface area contributed by atoms with E-state index in [1.54, 1.807) is 11.9 Å². The van der Waals surface area contributed by atoms with E-state index in [9.17, 15) is 4.79 Å². The SMILES string of the molecule is CCn1cc(Br)c(CN(C)C(=O)c2c(C)nn(-c3ccccc3)c2C)n1. The Labute approximate surface area is 161 Å². The Kier molecular flexibility index (Phi) is 5.27. The summed E-state index contributed by atoms with van der Waals surface area (Å²) in [5, 5.41) is 9.06. The van der Waals surface area contributed by atoms with Crippen LogP contribution in [0.2, 0.25) is 0 Å². The van der Waals surface area contributed by atoms with Crippen molar-refractivity contribution >= 4 is 21.8 Å². The summed E-state index contributed by atoms with van der Waals surface area (Å²) in [5.74, 6) is -0.0554. The van der Waals surface area contributed by atoms with Crippen molar-refractivity contribution in [3.63, 3.8) is 0 Å². The second-order valence-corrected chi connectivity index (χ2v) is 7.09. The number of rotatable bonds is 5. The average Bonchev–Trinajstić information content (AvgIpc) is 3.14. The molecule has 0 spiro atoms. The van der Waals surface area contributed by atoms with Crippen molar-refractivity contribution in [3.8, 4) is 5.69 Å². The highest BCUT2D eigenvalue weighted by Crippen LogP contribution is 2.21. The fourth-order valence-corrected chi connectivity index (χ4v) is 3.41. The largest absolute Gasteiger partial charge is 0.336 e. The van der Waals surface area contributed by atoms with E-state index in [0.29, 0.717) is 12.1 Å². The molecule has 1 amide bonds. The van der Waals surface area contributed by atoms with E-state index in [1.807, 2.05) is 66.7 Å². The minimum absolute atomic E-state index is 0.0554. The van der Waals surface area contributed by atoms with Crippen LogP contribution in [0.1, 0.15) is 34.4 Å². The van der Waals surface area contributed by atoms with Gasteiger partial charge in [0.15, 0.2) is 0 Å². The van der Waals surface area contributed by atoms with E-state index in [0.717, 1.165) is 33.8 Å². The molecule has 0 bridgehead atoms. The van der Waals surface area contributed by atoms with Gasteiger partial charge in [-0.3, -0.25) is 9.48 Å². The second-order valence-electron chi connectivity index (χ2n) is 6.23. The van der Waals surface area contributed by atoms with Gasteiger partial charge in [0.1, 0.15) is 0 Å². The molecule has 3 aromatic rings. The number of benzene rings is 1. The zero-order chi connectivity index (χ0) is 18.8. The third-order valence-corrected chi connectivity index (χ3v) is 5.01. The molecule has 2 heterocycles. The molecule has 0 unspecified atom stereocenters. The van der Waals surface area contributed by atoms with Gasteiger partial charge in [0.25, 0.3) is 5.91 Å². The molecule has 136 valence electrons. The number of hydrogen-bond donors (Lipinski definition) is 0. The normalized spacial score (nSPS) is 11.0. The summed E-state index contributed by atoms with van der Waals surface area (Å²) in [4.78, 5) is 14.7. The van der Waals surface area contributed by atoms with E-state index in [1.165, 1.54) is 0 Å². The fourth-order valence-electron chi connectivity index (χ4n) is 2.97. The molecule has 1 aromatic carbocycles. The van der Waals surface area contributed by atoms with Crippen molar-refractivity contribution in [1.29, 1.82) is 0 Å². The standard InChI is InChI=1S/C19H22BrN5O/c1-5-24-11-16(20)17(22-24)12-23(4)19(26)18-13(2)21-25(14(18)3)15-9-7-6-8-10-15/h6-11H,5,12H2,1-4H3. The molecule has 0 radical (unpaired) electrons. The zero-order valence-electron chi connectivity index (χ0n) is 15.4. The van der Waals surface area contributed by atoms with Gasteiger partial charge in [0, 0.05) is 19.8 Å². The van der Waals surface area contributed by atoms with Gasteiger partial charge in [-0.05, 0) is 48.8 Å². The highest BCUT2D eigenvalue weighted by Gasteiger charge is 2.23. The number of halogens is 1. The van der Waals surface area contributed by atoms with Crippen LogP contribution in [0, 0.1) is 13.8 Å². The first-order valence-electron chi connectivity index (χ1n) is 8.51. The van der Waals surface area contributed by atoms with Gasteiger partial charge >= 0.3 is 0 Å². The van der Waals surface area contributed by atoms with Crippen molar-refractivity contribution in [2.45, 2.75) is 33.9 Å². The van der Waals surface area contributed by atoms with Crippen molar-refractivity contribution < 1.29 is 4.79 Å². The number of aryl methyl sites for hydroxylation is 2. The maximum atomic E-state index is 13.0. The molecule has 0 saturated carbocycles. The van der Waals surface area contributed by atoms with Crippen LogP contribution in [-0.4, -0.2) is 37.4 Å². The lowest BCUT2D eigenvalue weighted by Gasteiger charge is -2.16. The summed E-state index contributed by atoms with van der Waals surface area (Å²) < 4.78 is 4.58. The number of nitrogens with zero attached hydrogens (tertiary/aromatic N) is 5. The minimum Gasteiger partial charge on any atom is -0.336 e. The topological polar surface area (TPSA) is 56.0 Å². The van der Waals surface area contributed by atoms with Crippen LogP contribution in [0.25, 0.3) is 5.69 Å². The fraction of sp³-hybridized carbons (Fsp3) is 0.316. The summed E-state index contributed by atoms with van der Waals surface area (Å²) in [7, 11) is 1.79. The lowest BCUT2D eigenvalue weighted by Crippen LogP contribution is -2.27. The predicted molar refractivity (Wildman–Crippen MR) is 104 cm³/mol. The zero-order valence-corrected chi connectivity index (χ0v) is 17.0. The molecule has 0 atom stereocenters. The third-order valence-electron chi connectivity index (χ3n) is 4.35. The molecule has 0 aliphatic heterocycles. The Morgan fingerprint density at radius 2 is 1.88 bits per heavy atom. The molecule has 26 heavy (non-hydrogen) atoms. The molecule has 0 aliphatic carbocycles. The van der Waals surface area contributed by atoms with Gasteiger partial charge in [0.05, 0.1) is 39.4 Å². The number of aromatic nitrogens is 4. The summed E-state index contributed by atoms with van der Waals surface area (Å²) in [6.45, 7) is 7.05. The van der Waals surface area contributed by atoms with E-state index < -0.39 is 0 Å². The maximum Gasteiger partial charge on any atom is 0.257 e. The van der Waals surface area contributed by atoms with Gasteiger partial charge < -0.3 is 4.90 Å². The van der Waals surface area contributed by atoms with E-state index in [2.05, 4.69) is 26.1 Å². The van der Waals surface area contributed by atoms with Crippen LogP contribution in [-0.2, 0) is 13.1 Å². The number of carbonyl (C=O) groups excluding carboxylic acids is 1. The van der Waals surface area contributed by atoms with Crippen LogP contribution in [0.4, 0.5) is 0 Å². The molecule has 3 rings (SSSR count). The average molecular weight is 416 g/mol. The molecule has 0 fully saturated rings. The van der Waals surface area contributed by atoms with Crippen molar-refractivity contribution in [3.05, 3.63) is 63.6 Å². The summed E-state index contributed by atoms with van der Waals surface area (Å²) >= 11 is 3.52. The number of hydrogen-bond acceptors (Lipinski definition) is 3. The van der Waals surface area contributed by atoms with E-state index >= 15 is 0 Å². The number of para-hydroxylation sites is 1. The first-order valence-corrected chi connectivity index (χ1v) is 9.30. The van der Waals surface area contributed by atoms with E-state index in [4.69, 9.17) is 0 Å². The van der Waals surface area contributed by atoms with Gasteiger partial charge in [-0.1, -0.05) is 18.2 Å². The number of carbonyl (C=O) groups is 1. The number of amides is 1. The molecule has 6 nitrogen and oxygen atoms in total. The van der Waals surface area contributed by atoms with Crippen LogP contribution in [0.5, 0.6) is 0 Å². The van der Waals surface area contributed by atoms with Gasteiger partial charge in [-0.15, -0.1) is 0 Å². The minimum atomic E-state index is -0.0554. The van der Waals surface area contributed by atoms with Gasteiger partial charge in [0.2, 0.25) is 0 Å². The predicted octanol–water partition coefficient (Wildman–Crippen LogP) is 3.74. The smallest absolute Gasteiger partial charge is 0.257 e. The second kappa shape index (κ2) is 7.45. The van der Waals surface area contributed by atoms with Gasteiger partial charge in [-0.2, -0.15) is 10.2 Å². The van der Waals surface area contributed by atoms with Crippen molar-refractivity contribution in [1.82, 2.24) is 24.5 Å². The monoisotopic (exact) mass is 415 g/mol. The maximum absolute atomic E-state index is 13.0. The van der Waals surface area contributed by atoms with Gasteiger partial charge in [-0.25, -0.2) is 4.68 Å². The summed E-state index contributed by atoms with van der Waals surface area (Å²) in [6, 6.07) is 9.84. The summed E-state index contributed by atoms with van der Waals surface area (Å²) in [5.41, 5.74) is 3.99. The quantitative estimate of drug-likeness (QED) is 0.637. The Morgan fingerprint density at radius 1 is 1.19 bits per heavy atom. The Morgan fingerprint density at radius 3 is 2.50 bits per heavy atom. The molecule has 0 N–H and O–H groups in total. The molecular formula is C19H22BrN5O. The first kappa shape index (κ1) is 18.4. The molecule has 0 aliphatic rings. The first-order chi connectivity index (χ1) is 12.4. The highest BCUT2D eigenvalue weighted by molar-refractivity contribution is 9.10. The Balaban J connectivity index is 1.87. The van der Waals surface area contributed by atoms with Crippen molar-refractivity contribution in [2.75, 3.05) is 7.05 Å². The van der Waals surface area contributed by atoms with E-state index in [-0.39, 0.29) is 5.91 Å². The van der Waals surface area contributed by atoms with Crippen LogP contribution in [0.15, 0.2) is 41.0 Å². The molecular weight excluding hydrogens is 394 g/mol. The van der Waals surface area contributed by atoms with Crippen LogP contribution < -0.4 is 0 Å². The highest BCUT2D eigenvalue weighted by atomic mass is 79.9. The Bertz CT molecular complexity index is 929. The lowest BCUT2D eigenvalue weighted by molar-refractivity contribution is 0.0781. The molecule has 0 saturated heterocycles. The Hall–Kier alpha value is -2.41.